The van der Waals surface area contributed by atoms with Crippen LogP contribution in [0, 0.1) is 5.92 Å². The average molecular weight is 337 g/mol. The number of carbonyl (C=O) groups excluding carboxylic acids is 1. The standard InChI is InChI=1S/C18H24N2O2.ClH/c21-18(11-12-9-13-5-6-14(10-12)19-13)20-16-7-8-22-17-4-2-1-3-15(16)17;/h1-4,12-14,16,19H,5-11H2,(H,20,21);1H. The van der Waals surface area contributed by atoms with E-state index in [-0.39, 0.29) is 24.4 Å². The Bertz CT molecular complexity index is 554. The molecule has 1 aromatic rings. The van der Waals surface area contributed by atoms with Gasteiger partial charge in [-0.05, 0) is 37.7 Å². The third kappa shape index (κ3) is 3.64. The molecule has 4 nitrogen and oxygen atoms in total. The third-order valence-electron chi connectivity index (χ3n) is 5.34. The molecule has 0 aliphatic carbocycles. The highest BCUT2D eigenvalue weighted by Crippen LogP contribution is 2.34. The SMILES string of the molecule is Cl.O=C(CC1CC2CCC(C1)N2)NC1CCOc2ccccc21. The van der Waals surface area contributed by atoms with Crippen LogP contribution in [0.1, 0.15) is 50.1 Å². The van der Waals surface area contributed by atoms with Gasteiger partial charge in [0.15, 0.2) is 0 Å². The van der Waals surface area contributed by atoms with Crippen molar-refractivity contribution in [1.82, 2.24) is 10.6 Å². The van der Waals surface area contributed by atoms with Crippen molar-refractivity contribution >= 4 is 18.3 Å². The number of halogens is 1. The highest BCUT2D eigenvalue weighted by Gasteiger charge is 2.34. The lowest BCUT2D eigenvalue weighted by Crippen LogP contribution is -2.40. The zero-order valence-corrected chi connectivity index (χ0v) is 14.1. The lowest BCUT2D eigenvalue weighted by molar-refractivity contribution is -0.123. The summed E-state index contributed by atoms with van der Waals surface area (Å²) in [6.45, 7) is 0.680. The van der Waals surface area contributed by atoms with Crippen molar-refractivity contribution in [2.24, 2.45) is 5.92 Å². The number of carbonyl (C=O) groups is 1. The summed E-state index contributed by atoms with van der Waals surface area (Å²) in [5.41, 5.74) is 1.12. The highest BCUT2D eigenvalue weighted by atomic mass is 35.5. The minimum Gasteiger partial charge on any atom is -0.493 e. The summed E-state index contributed by atoms with van der Waals surface area (Å²) in [4.78, 5) is 12.5. The molecular weight excluding hydrogens is 312 g/mol. The molecule has 2 saturated heterocycles. The first-order chi connectivity index (χ1) is 10.8. The fourth-order valence-corrected chi connectivity index (χ4v) is 4.35. The number of rotatable bonds is 3. The highest BCUT2D eigenvalue weighted by molar-refractivity contribution is 5.85. The van der Waals surface area contributed by atoms with E-state index in [0.29, 0.717) is 31.0 Å². The van der Waals surface area contributed by atoms with Crippen LogP contribution in [0.25, 0.3) is 0 Å². The largest absolute Gasteiger partial charge is 0.493 e. The van der Waals surface area contributed by atoms with Crippen LogP contribution in [-0.2, 0) is 4.79 Å². The number of para-hydroxylation sites is 1. The van der Waals surface area contributed by atoms with Gasteiger partial charge in [0, 0.05) is 30.5 Å². The lowest BCUT2D eigenvalue weighted by atomic mass is 9.89. The summed E-state index contributed by atoms with van der Waals surface area (Å²) < 4.78 is 5.66. The number of benzene rings is 1. The molecule has 23 heavy (non-hydrogen) atoms. The van der Waals surface area contributed by atoms with E-state index in [0.717, 1.165) is 30.6 Å². The van der Waals surface area contributed by atoms with Crippen molar-refractivity contribution in [1.29, 1.82) is 0 Å². The quantitative estimate of drug-likeness (QED) is 0.892. The number of hydrogen-bond donors (Lipinski definition) is 2. The number of amides is 1. The Kier molecular flexibility index (Phi) is 5.12. The first kappa shape index (κ1) is 16.6. The number of piperidine rings is 1. The summed E-state index contributed by atoms with van der Waals surface area (Å²) in [7, 11) is 0. The molecule has 3 aliphatic rings. The van der Waals surface area contributed by atoms with Crippen molar-refractivity contribution in [3.8, 4) is 5.75 Å². The number of fused-ring (bicyclic) bond motifs is 3. The van der Waals surface area contributed by atoms with Crippen molar-refractivity contribution in [2.45, 2.75) is 56.7 Å². The molecule has 0 saturated carbocycles. The van der Waals surface area contributed by atoms with Gasteiger partial charge >= 0.3 is 0 Å². The molecule has 0 radical (unpaired) electrons. The summed E-state index contributed by atoms with van der Waals surface area (Å²) in [5, 5.41) is 6.87. The van der Waals surface area contributed by atoms with E-state index in [9.17, 15) is 4.79 Å². The normalized spacial score (nSPS) is 31.5. The van der Waals surface area contributed by atoms with E-state index in [2.05, 4.69) is 16.7 Å². The van der Waals surface area contributed by atoms with Gasteiger partial charge in [-0.2, -0.15) is 0 Å². The third-order valence-corrected chi connectivity index (χ3v) is 5.34. The van der Waals surface area contributed by atoms with Crippen LogP contribution in [-0.4, -0.2) is 24.6 Å². The first-order valence-electron chi connectivity index (χ1n) is 8.55. The van der Waals surface area contributed by atoms with Gasteiger partial charge in [-0.1, -0.05) is 18.2 Å². The molecule has 3 aliphatic heterocycles. The van der Waals surface area contributed by atoms with Gasteiger partial charge in [0.25, 0.3) is 0 Å². The molecule has 3 atom stereocenters. The summed E-state index contributed by atoms with van der Waals surface area (Å²) in [5.74, 6) is 1.67. The molecule has 2 bridgehead atoms. The molecular formula is C18H25ClN2O2. The molecule has 1 aromatic carbocycles. The van der Waals surface area contributed by atoms with E-state index in [4.69, 9.17) is 4.74 Å². The Morgan fingerprint density at radius 2 is 1.91 bits per heavy atom. The molecule has 3 unspecified atom stereocenters. The second-order valence-electron chi connectivity index (χ2n) is 6.97. The van der Waals surface area contributed by atoms with E-state index in [1.54, 1.807) is 0 Å². The molecule has 0 spiro atoms. The van der Waals surface area contributed by atoms with Gasteiger partial charge in [0.1, 0.15) is 5.75 Å². The van der Waals surface area contributed by atoms with Crippen LogP contribution in [0.4, 0.5) is 0 Å². The number of nitrogens with one attached hydrogen (secondary N) is 2. The molecule has 2 fully saturated rings. The smallest absolute Gasteiger partial charge is 0.220 e. The number of hydrogen-bond acceptors (Lipinski definition) is 3. The van der Waals surface area contributed by atoms with Crippen molar-refractivity contribution < 1.29 is 9.53 Å². The van der Waals surface area contributed by atoms with Crippen molar-refractivity contribution in [2.75, 3.05) is 6.61 Å². The molecule has 0 aromatic heterocycles. The maximum atomic E-state index is 12.5. The maximum absolute atomic E-state index is 12.5. The van der Waals surface area contributed by atoms with E-state index in [1.807, 2.05) is 18.2 Å². The Hall–Kier alpha value is -1.26. The monoisotopic (exact) mass is 336 g/mol. The Balaban J connectivity index is 0.00000156. The fraction of sp³-hybridized carbons (Fsp3) is 0.611. The Morgan fingerprint density at radius 3 is 2.70 bits per heavy atom. The van der Waals surface area contributed by atoms with Crippen LogP contribution in [0.15, 0.2) is 24.3 Å². The predicted molar refractivity (Wildman–Crippen MR) is 92.0 cm³/mol. The summed E-state index contributed by atoms with van der Waals surface area (Å²) in [6.07, 6.45) is 6.43. The van der Waals surface area contributed by atoms with Gasteiger partial charge in [-0.25, -0.2) is 0 Å². The van der Waals surface area contributed by atoms with Crippen molar-refractivity contribution in [3.05, 3.63) is 29.8 Å². The minimum absolute atomic E-state index is 0. The lowest BCUT2D eigenvalue weighted by Gasteiger charge is -2.30. The zero-order chi connectivity index (χ0) is 14.9. The van der Waals surface area contributed by atoms with Crippen LogP contribution >= 0.6 is 12.4 Å². The second kappa shape index (κ2) is 7.10. The predicted octanol–water partition coefficient (Wildman–Crippen LogP) is 2.97. The molecule has 5 heteroatoms. The Labute approximate surface area is 143 Å². The maximum Gasteiger partial charge on any atom is 0.220 e. The van der Waals surface area contributed by atoms with E-state index < -0.39 is 0 Å². The molecule has 4 rings (SSSR count). The summed E-state index contributed by atoms with van der Waals surface area (Å²) in [6, 6.07) is 9.45. The van der Waals surface area contributed by atoms with Gasteiger partial charge < -0.3 is 15.4 Å². The summed E-state index contributed by atoms with van der Waals surface area (Å²) >= 11 is 0. The minimum atomic E-state index is 0. The van der Waals surface area contributed by atoms with E-state index >= 15 is 0 Å². The van der Waals surface area contributed by atoms with Crippen LogP contribution in [0.5, 0.6) is 5.75 Å². The van der Waals surface area contributed by atoms with Gasteiger partial charge in [0.2, 0.25) is 5.91 Å². The van der Waals surface area contributed by atoms with Gasteiger partial charge in [-0.3, -0.25) is 4.79 Å². The zero-order valence-electron chi connectivity index (χ0n) is 13.3. The van der Waals surface area contributed by atoms with Gasteiger partial charge in [0.05, 0.1) is 12.6 Å². The Morgan fingerprint density at radius 1 is 1.17 bits per heavy atom. The topological polar surface area (TPSA) is 50.4 Å². The molecule has 3 heterocycles. The van der Waals surface area contributed by atoms with E-state index in [1.165, 1.54) is 12.8 Å². The average Bonchev–Trinajstić information content (AvgIpc) is 2.86. The van der Waals surface area contributed by atoms with Crippen molar-refractivity contribution in [3.63, 3.8) is 0 Å². The molecule has 2 N–H and O–H groups in total. The van der Waals surface area contributed by atoms with Gasteiger partial charge in [-0.15, -0.1) is 12.4 Å². The molecule has 126 valence electrons. The van der Waals surface area contributed by atoms with Crippen LogP contribution < -0.4 is 15.4 Å². The first-order valence-corrected chi connectivity index (χ1v) is 8.55. The van der Waals surface area contributed by atoms with Crippen LogP contribution in [0.2, 0.25) is 0 Å². The van der Waals surface area contributed by atoms with Crippen LogP contribution in [0.3, 0.4) is 0 Å². The number of ether oxygens (including phenoxy) is 1. The second-order valence-corrected chi connectivity index (χ2v) is 6.97. The molecule has 1 amide bonds. The fourth-order valence-electron chi connectivity index (χ4n) is 4.35.